The number of nitrogen functional groups attached to an aromatic ring is 1. The molecule has 1 aromatic heterocycles. The summed E-state index contributed by atoms with van der Waals surface area (Å²) >= 11 is 4.23. The summed E-state index contributed by atoms with van der Waals surface area (Å²) in [6.07, 6.45) is 0.720. The molecule has 1 heterocycles. The Bertz CT molecular complexity index is 234. The lowest BCUT2D eigenvalue weighted by Crippen LogP contribution is -1.78. The molecule has 0 aliphatic carbocycles. The molecule has 9 heavy (non-hydrogen) atoms. The first-order chi connectivity index (χ1) is 4.24. The fraction of sp³-hybridized carbons (Fsp3) is 0. The molecule has 0 amide bonds. The molecule has 0 saturated heterocycles. The fourth-order valence-corrected chi connectivity index (χ4v) is 1.59. The highest BCUT2D eigenvalue weighted by Gasteiger charge is 2.03. The summed E-state index contributed by atoms with van der Waals surface area (Å²) in [5.74, 6) is 0. The monoisotopic (exact) mass is 206 g/mol. The molecule has 0 bridgehead atoms. The average Bonchev–Trinajstić information content (AvgIpc) is 2.10. The standard InChI is InChI=1S/C4H3BrN2OS/c5-3-2(1-8)9-4(6)7-3/h1H,(H2,6,7). The summed E-state index contributed by atoms with van der Waals surface area (Å²) in [4.78, 5) is 14.4. The second-order valence-electron chi connectivity index (χ2n) is 1.33. The van der Waals surface area contributed by atoms with Crippen molar-refractivity contribution in [1.29, 1.82) is 0 Å². The van der Waals surface area contributed by atoms with E-state index in [1.165, 1.54) is 11.3 Å². The first-order valence-electron chi connectivity index (χ1n) is 2.11. The van der Waals surface area contributed by atoms with E-state index in [1.54, 1.807) is 0 Å². The van der Waals surface area contributed by atoms with Crippen molar-refractivity contribution in [1.82, 2.24) is 4.98 Å². The van der Waals surface area contributed by atoms with Gasteiger partial charge in [0.2, 0.25) is 0 Å². The zero-order valence-corrected chi connectivity index (χ0v) is 6.70. The molecule has 3 nitrogen and oxygen atoms in total. The van der Waals surface area contributed by atoms with Crippen LogP contribution in [0, 0.1) is 0 Å². The Hall–Kier alpha value is -0.420. The molecule has 0 atom stereocenters. The lowest BCUT2D eigenvalue weighted by molar-refractivity contribution is 0.112. The summed E-state index contributed by atoms with van der Waals surface area (Å²) in [6.45, 7) is 0. The van der Waals surface area contributed by atoms with Gasteiger partial charge in [-0.05, 0) is 15.9 Å². The highest BCUT2D eigenvalue weighted by atomic mass is 79.9. The van der Waals surface area contributed by atoms with Crippen molar-refractivity contribution < 1.29 is 4.79 Å². The van der Waals surface area contributed by atoms with Gasteiger partial charge in [0, 0.05) is 0 Å². The van der Waals surface area contributed by atoms with E-state index in [0.29, 0.717) is 14.6 Å². The first kappa shape index (κ1) is 6.70. The van der Waals surface area contributed by atoms with Crippen LogP contribution >= 0.6 is 27.3 Å². The molecule has 0 unspecified atom stereocenters. The molecule has 5 heteroatoms. The third-order valence-electron chi connectivity index (χ3n) is 0.733. The van der Waals surface area contributed by atoms with Crippen molar-refractivity contribution in [2.75, 3.05) is 5.73 Å². The maximum Gasteiger partial charge on any atom is 0.181 e. The number of carbonyl (C=O) groups excluding carboxylic acids is 1. The largest absolute Gasteiger partial charge is 0.375 e. The second-order valence-corrected chi connectivity index (χ2v) is 3.14. The van der Waals surface area contributed by atoms with Gasteiger partial charge in [-0.1, -0.05) is 11.3 Å². The molecule has 0 spiro atoms. The fourth-order valence-electron chi connectivity index (χ4n) is 0.402. The maximum absolute atomic E-state index is 10.1. The smallest absolute Gasteiger partial charge is 0.181 e. The third kappa shape index (κ3) is 1.28. The van der Waals surface area contributed by atoms with Crippen LogP contribution in [0.4, 0.5) is 5.13 Å². The van der Waals surface area contributed by atoms with Gasteiger partial charge in [-0.15, -0.1) is 0 Å². The van der Waals surface area contributed by atoms with Crippen molar-refractivity contribution >= 4 is 38.7 Å². The van der Waals surface area contributed by atoms with E-state index in [-0.39, 0.29) is 0 Å². The van der Waals surface area contributed by atoms with Crippen LogP contribution in [0.15, 0.2) is 4.60 Å². The highest BCUT2D eigenvalue weighted by Crippen LogP contribution is 2.22. The number of halogens is 1. The molecule has 0 saturated carbocycles. The molecule has 1 aromatic rings. The van der Waals surface area contributed by atoms with Gasteiger partial charge < -0.3 is 5.73 Å². The number of thiazole rings is 1. The number of aromatic nitrogens is 1. The van der Waals surface area contributed by atoms with E-state index in [9.17, 15) is 4.79 Å². The normalized spacial score (nSPS) is 9.44. The van der Waals surface area contributed by atoms with Crippen LogP contribution in [0.5, 0.6) is 0 Å². The van der Waals surface area contributed by atoms with Gasteiger partial charge >= 0.3 is 0 Å². The molecule has 1 rings (SSSR count). The van der Waals surface area contributed by atoms with Crippen LogP contribution in [0.3, 0.4) is 0 Å². The molecule has 0 aliphatic heterocycles. The SMILES string of the molecule is Nc1nc(Br)c(C=O)s1. The minimum atomic E-state index is 0.406. The van der Waals surface area contributed by atoms with E-state index in [1.807, 2.05) is 0 Å². The van der Waals surface area contributed by atoms with Gasteiger partial charge in [-0.2, -0.15) is 0 Å². The summed E-state index contributed by atoms with van der Waals surface area (Å²) in [7, 11) is 0. The Morgan fingerprint density at radius 2 is 2.44 bits per heavy atom. The topological polar surface area (TPSA) is 56.0 Å². The lowest BCUT2D eigenvalue weighted by Gasteiger charge is -1.74. The van der Waals surface area contributed by atoms with Crippen molar-refractivity contribution in [2.24, 2.45) is 0 Å². The maximum atomic E-state index is 10.1. The van der Waals surface area contributed by atoms with Crippen LogP contribution < -0.4 is 5.73 Å². The Balaban J connectivity index is 3.15. The van der Waals surface area contributed by atoms with E-state index >= 15 is 0 Å². The van der Waals surface area contributed by atoms with Crippen LogP contribution in [-0.2, 0) is 0 Å². The molecule has 2 N–H and O–H groups in total. The molecule has 0 radical (unpaired) electrons. The number of nitrogens with zero attached hydrogens (tertiary/aromatic N) is 1. The van der Waals surface area contributed by atoms with Crippen LogP contribution in [0.25, 0.3) is 0 Å². The number of hydrogen-bond acceptors (Lipinski definition) is 4. The Labute approximate surface area is 64.0 Å². The quantitative estimate of drug-likeness (QED) is 0.706. The second kappa shape index (κ2) is 2.45. The molecule has 0 fully saturated rings. The zero-order chi connectivity index (χ0) is 6.85. The molecular weight excluding hydrogens is 204 g/mol. The van der Waals surface area contributed by atoms with Crippen LogP contribution in [0.1, 0.15) is 9.67 Å². The van der Waals surface area contributed by atoms with E-state index < -0.39 is 0 Å². The summed E-state index contributed by atoms with van der Waals surface area (Å²) in [5, 5.41) is 0.406. The van der Waals surface area contributed by atoms with Gasteiger partial charge in [0.05, 0.1) is 0 Å². The zero-order valence-electron chi connectivity index (χ0n) is 4.30. The summed E-state index contributed by atoms with van der Waals surface area (Å²) in [6, 6.07) is 0. The van der Waals surface area contributed by atoms with Crippen molar-refractivity contribution in [3.63, 3.8) is 0 Å². The number of carbonyl (C=O) groups is 1. The van der Waals surface area contributed by atoms with Gasteiger partial charge in [0.15, 0.2) is 11.4 Å². The number of anilines is 1. The molecule has 48 valence electrons. The third-order valence-corrected chi connectivity index (χ3v) is 2.41. The minimum absolute atomic E-state index is 0.406. The van der Waals surface area contributed by atoms with Gasteiger partial charge in [-0.3, -0.25) is 4.79 Å². The van der Waals surface area contributed by atoms with E-state index in [2.05, 4.69) is 20.9 Å². The Morgan fingerprint density at radius 3 is 2.67 bits per heavy atom. The van der Waals surface area contributed by atoms with Crippen molar-refractivity contribution in [3.05, 3.63) is 9.48 Å². The Morgan fingerprint density at radius 1 is 1.78 bits per heavy atom. The van der Waals surface area contributed by atoms with E-state index in [4.69, 9.17) is 5.73 Å². The van der Waals surface area contributed by atoms with Gasteiger partial charge in [-0.25, -0.2) is 4.98 Å². The molecule has 0 aromatic carbocycles. The van der Waals surface area contributed by atoms with Gasteiger partial charge in [0.25, 0.3) is 0 Å². The first-order valence-corrected chi connectivity index (χ1v) is 3.72. The summed E-state index contributed by atoms with van der Waals surface area (Å²) in [5.41, 5.74) is 5.27. The minimum Gasteiger partial charge on any atom is -0.375 e. The number of rotatable bonds is 1. The average molecular weight is 207 g/mol. The summed E-state index contributed by atoms with van der Waals surface area (Å²) < 4.78 is 0.528. The van der Waals surface area contributed by atoms with Crippen molar-refractivity contribution in [3.8, 4) is 0 Å². The van der Waals surface area contributed by atoms with E-state index in [0.717, 1.165) is 6.29 Å². The predicted molar refractivity (Wildman–Crippen MR) is 39.6 cm³/mol. The predicted octanol–water partition coefficient (Wildman–Crippen LogP) is 1.30. The highest BCUT2D eigenvalue weighted by molar-refractivity contribution is 9.10. The lowest BCUT2D eigenvalue weighted by atomic mass is 10.6. The van der Waals surface area contributed by atoms with Gasteiger partial charge in [0.1, 0.15) is 9.48 Å². The van der Waals surface area contributed by atoms with Crippen LogP contribution in [0.2, 0.25) is 0 Å². The molecule has 0 aliphatic rings. The van der Waals surface area contributed by atoms with Crippen LogP contribution in [-0.4, -0.2) is 11.3 Å². The molecular formula is C4H3BrN2OS. The number of nitrogens with two attached hydrogens (primary N) is 1. The Kier molecular flexibility index (Phi) is 1.82. The van der Waals surface area contributed by atoms with Crippen molar-refractivity contribution in [2.45, 2.75) is 0 Å². The number of aldehydes is 1. The number of hydrogen-bond donors (Lipinski definition) is 1.